The first kappa shape index (κ1) is 14.0. The van der Waals surface area contributed by atoms with Gasteiger partial charge in [-0.05, 0) is 33.2 Å². The molecule has 1 aliphatic rings. The number of carbonyl (C=O) groups is 2. The Morgan fingerprint density at radius 1 is 1.35 bits per heavy atom. The first-order valence-corrected chi connectivity index (χ1v) is 6.17. The summed E-state index contributed by atoms with van der Waals surface area (Å²) in [5, 5.41) is 0. The molecule has 2 amide bonds. The van der Waals surface area contributed by atoms with Crippen LogP contribution < -0.4 is 5.73 Å². The van der Waals surface area contributed by atoms with Gasteiger partial charge in [-0.2, -0.15) is 0 Å². The van der Waals surface area contributed by atoms with E-state index in [0.717, 1.165) is 12.8 Å². The molecular weight excluding hydrogens is 218 g/mol. The number of piperazine rings is 1. The fourth-order valence-electron chi connectivity index (χ4n) is 2.21. The van der Waals surface area contributed by atoms with Crippen LogP contribution in [0.2, 0.25) is 0 Å². The number of hydrogen-bond acceptors (Lipinski definition) is 3. The number of rotatable bonds is 4. The first-order valence-electron chi connectivity index (χ1n) is 6.17. The molecule has 0 aliphatic carbocycles. The van der Waals surface area contributed by atoms with Crippen LogP contribution in [0.25, 0.3) is 0 Å². The molecule has 1 heterocycles. The highest BCUT2D eigenvalue weighted by Gasteiger charge is 2.42. The molecule has 0 aromatic heterocycles. The number of likely N-dealkylation sites (N-methyl/N-ethyl adjacent to an activating group) is 1. The zero-order valence-electron chi connectivity index (χ0n) is 11.0. The molecule has 1 fully saturated rings. The highest BCUT2D eigenvalue weighted by Crippen LogP contribution is 2.22. The number of carbonyl (C=O) groups excluding carboxylic acids is 2. The van der Waals surface area contributed by atoms with E-state index in [1.165, 1.54) is 0 Å². The maximum absolute atomic E-state index is 12.1. The average Bonchev–Trinajstić information content (AvgIpc) is 2.26. The van der Waals surface area contributed by atoms with Gasteiger partial charge < -0.3 is 15.5 Å². The molecule has 0 saturated carbocycles. The summed E-state index contributed by atoms with van der Waals surface area (Å²) in [6, 6.07) is 0. The SMILES string of the molecule is CN1CCN(C(=O)CCCCN)C(C)(C)C1=O. The van der Waals surface area contributed by atoms with Gasteiger partial charge in [-0.1, -0.05) is 0 Å². The highest BCUT2D eigenvalue weighted by atomic mass is 16.2. The van der Waals surface area contributed by atoms with Crippen molar-refractivity contribution in [1.29, 1.82) is 0 Å². The molecule has 0 aromatic carbocycles. The summed E-state index contributed by atoms with van der Waals surface area (Å²) in [6.45, 7) is 5.47. The lowest BCUT2D eigenvalue weighted by molar-refractivity contribution is -0.157. The van der Waals surface area contributed by atoms with Gasteiger partial charge in [0.05, 0.1) is 0 Å². The van der Waals surface area contributed by atoms with Gasteiger partial charge in [0.25, 0.3) is 0 Å². The molecule has 0 radical (unpaired) electrons. The molecule has 2 N–H and O–H groups in total. The lowest BCUT2D eigenvalue weighted by Gasteiger charge is -2.44. The van der Waals surface area contributed by atoms with Gasteiger partial charge in [0.1, 0.15) is 5.54 Å². The second-order valence-corrected chi connectivity index (χ2v) is 5.08. The fourth-order valence-corrected chi connectivity index (χ4v) is 2.21. The number of unbranched alkanes of at least 4 members (excludes halogenated alkanes) is 1. The average molecular weight is 241 g/mol. The van der Waals surface area contributed by atoms with Gasteiger partial charge >= 0.3 is 0 Å². The van der Waals surface area contributed by atoms with Crippen LogP contribution in [0.1, 0.15) is 33.1 Å². The second-order valence-electron chi connectivity index (χ2n) is 5.08. The predicted octanol–water partition coefficient (Wildman–Crippen LogP) is 0.195. The number of nitrogens with zero attached hydrogens (tertiary/aromatic N) is 2. The van der Waals surface area contributed by atoms with E-state index in [2.05, 4.69) is 0 Å². The predicted molar refractivity (Wildman–Crippen MR) is 66.3 cm³/mol. The molecule has 1 aliphatic heterocycles. The van der Waals surface area contributed by atoms with Crippen molar-refractivity contribution in [2.45, 2.75) is 38.6 Å². The standard InChI is InChI=1S/C12H23N3O2/c1-12(2)11(17)14(3)8-9-15(12)10(16)6-4-5-7-13/h4-9,13H2,1-3H3. The van der Waals surface area contributed by atoms with E-state index in [9.17, 15) is 9.59 Å². The van der Waals surface area contributed by atoms with Crippen molar-refractivity contribution in [1.82, 2.24) is 9.80 Å². The molecule has 98 valence electrons. The first-order chi connectivity index (χ1) is 7.91. The van der Waals surface area contributed by atoms with Crippen molar-refractivity contribution in [2.24, 2.45) is 5.73 Å². The maximum Gasteiger partial charge on any atom is 0.247 e. The van der Waals surface area contributed by atoms with Crippen LogP contribution in [-0.4, -0.2) is 53.8 Å². The van der Waals surface area contributed by atoms with Gasteiger partial charge in [0.15, 0.2) is 0 Å². The van der Waals surface area contributed by atoms with E-state index in [1.54, 1.807) is 16.8 Å². The molecule has 1 rings (SSSR count). The molecule has 0 unspecified atom stereocenters. The Morgan fingerprint density at radius 3 is 2.59 bits per heavy atom. The largest absolute Gasteiger partial charge is 0.342 e. The van der Waals surface area contributed by atoms with E-state index in [0.29, 0.717) is 26.1 Å². The molecule has 0 aromatic rings. The Kier molecular flexibility index (Phi) is 4.51. The normalized spacial score (nSPS) is 19.6. The third-order valence-corrected chi connectivity index (χ3v) is 3.35. The summed E-state index contributed by atoms with van der Waals surface area (Å²) in [5.74, 6) is 0.0702. The lowest BCUT2D eigenvalue weighted by Crippen LogP contribution is -2.63. The minimum absolute atomic E-state index is 0.0101. The number of hydrogen-bond donors (Lipinski definition) is 1. The second kappa shape index (κ2) is 5.49. The van der Waals surface area contributed by atoms with Crippen LogP contribution in [0.4, 0.5) is 0 Å². The van der Waals surface area contributed by atoms with Gasteiger partial charge in [0.2, 0.25) is 11.8 Å². The molecule has 0 bridgehead atoms. The third-order valence-electron chi connectivity index (χ3n) is 3.35. The Labute approximate surface area is 103 Å². The Hall–Kier alpha value is -1.10. The molecule has 0 atom stereocenters. The molecule has 0 spiro atoms. The van der Waals surface area contributed by atoms with Crippen molar-refractivity contribution in [3.8, 4) is 0 Å². The molecular formula is C12H23N3O2. The highest BCUT2D eigenvalue weighted by molar-refractivity contribution is 5.91. The summed E-state index contributed by atoms with van der Waals surface area (Å²) in [6.07, 6.45) is 2.14. The van der Waals surface area contributed by atoms with Crippen LogP contribution in [0, 0.1) is 0 Å². The van der Waals surface area contributed by atoms with Crippen LogP contribution in [0.15, 0.2) is 0 Å². The molecule has 5 heteroatoms. The summed E-state index contributed by atoms with van der Waals surface area (Å²) in [5.41, 5.74) is 4.69. The summed E-state index contributed by atoms with van der Waals surface area (Å²) < 4.78 is 0. The molecule has 1 saturated heterocycles. The quantitative estimate of drug-likeness (QED) is 0.715. The zero-order chi connectivity index (χ0) is 13.1. The van der Waals surface area contributed by atoms with Gasteiger partial charge in [-0.15, -0.1) is 0 Å². The minimum Gasteiger partial charge on any atom is -0.342 e. The van der Waals surface area contributed by atoms with E-state index in [-0.39, 0.29) is 11.8 Å². The smallest absolute Gasteiger partial charge is 0.247 e. The third kappa shape index (κ3) is 2.97. The van der Waals surface area contributed by atoms with Crippen molar-refractivity contribution in [3.05, 3.63) is 0 Å². The topological polar surface area (TPSA) is 66.6 Å². The summed E-state index contributed by atoms with van der Waals surface area (Å²) >= 11 is 0. The summed E-state index contributed by atoms with van der Waals surface area (Å²) in [7, 11) is 1.78. The van der Waals surface area contributed by atoms with Gasteiger partial charge in [0, 0.05) is 26.6 Å². The molecule has 17 heavy (non-hydrogen) atoms. The number of nitrogens with two attached hydrogens (primary N) is 1. The van der Waals surface area contributed by atoms with E-state index < -0.39 is 5.54 Å². The monoisotopic (exact) mass is 241 g/mol. The van der Waals surface area contributed by atoms with Crippen LogP contribution in [0.5, 0.6) is 0 Å². The Balaban J connectivity index is 2.64. The van der Waals surface area contributed by atoms with E-state index >= 15 is 0 Å². The maximum atomic E-state index is 12.1. The van der Waals surface area contributed by atoms with E-state index in [1.807, 2.05) is 13.8 Å². The van der Waals surface area contributed by atoms with Crippen molar-refractivity contribution in [2.75, 3.05) is 26.7 Å². The van der Waals surface area contributed by atoms with Crippen LogP contribution in [-0.2, 0) is 9.59 Å². The van der Waals surface area contributed by atoms with Crippen molar-refractivity contribution < 1.29 is 9.59 Å². The fraction of sp³-hybridized carbons (Fsp3) is 0.833. The van der Waals surface area contributed by atoms with Gasteiger partial charge in [-0.3, -0.25) is 9.59 Å². The zero-order valence-corrected chi connectivity index (χ0v) is 11.0. The Morgan fingerprint density at radius 2 is 2.00 bits per heavy atom. The number of amides is 2. The lowest BCUT2D eigenvalue weighted by atomic mass is 9.97. The van der Waals surface area contributed by atoms with Crippen LogP contribution in [0.3, 0.4) is 0 Å². The van der Waals surface area contributed by atoms with Crippen molar-refractivity contribution in [3.63, 3.8) is 0 Å². The minimum atomic E-state index is -0.715. The Bertz CT molecular complexity index is 302. The van der Waals surface area contributed by atoms with Crippen molar-refractivity contribution >= 4 is 11.8 Å². The van der Waals surface area contributed by atoms with Crippen LogP contribution >= 0.6 is 0 Å². The molecule has 5 nitrogen and oxygen atoms in total. The van der Waals surface area contributed by atoms with E-state index in [4.69, 9.17) is 5.73 Å². The van der Waals surface area contributed by atoms with Gasteiger partial charge in [-0.25, -0.2) is 0 Å². The summed E-state index contributed by atoms with van der Waals surface area (Å²) in [4.78, 5) is 27.4.